The predicted octanol–water partition coefficient (Wildman–Crippen LogP) is 1.96. The zero-order chi connectivity index (χ0) is 13.7. The number of carboxylic acids is 1. The van der Waals surface area contributed by atoms with Crippen LogP contribution in [0.4, 0.5) is 0 Å². The number of oxazole rings is 1. The van der Waals surface area contributed by atoms with Crippen LogP contribution in [0.25, 0.3) is 17.0 Å². The highest BCUT2D eigenvalue weighted by atomic mass is 16.4. The van der Waals surface area contributed by atoms with Gasteiger partial charge in [-0.15, -0.1) is 0 Å². The average molecular weight is 270 g/mol. The Labute approximate surface area is 112 Å². The van der Waals surface area contributed by atoms with Crippen LogP contribution >= 0.6 is 0 Å². The second kappa shape index (κ2) is 3.89. The zero-order valence-electron chi connectivity index (χ0n) is 10.4. The molecule has 0 unspecified atom stereocenters. The van der Waals surface area contributed by atoms with Crippen LogP contribution in [0.2, 0.25) is 0 Å². The van der Waals surface area contributed by atoms with Gasteiger partial charge in [0.25, 0.3) is 0 Å². The molecule has 20 heavy (non-hydrogen) atoms. The number of aromatic nitrogens is 4. The lowest BCUT2D eigenvalue weighted by Gasteiger charge is -1.92. The van der Waals surface area contributed by atoms with Gasteiger partial charge in [-0.05, 0) is 12.8 Å². The lowest BCUT2D eigenvalue weighted by atomic mass is 10.2. The molecule has 7 nitrogen and oxygen atoms in total. The standard InChI is InChI=1S/C13H10N4O3/c18-13(19)11-10(7-1-2-7)16-12(20-11)8-5-15-17-4-3-14-6-9(8)17/h3-7H,1-2H2,(H,18,19). The molecule has 100 valence electrons. The van der Waals surface area contributed by atoms with Crippen molar-refractivity contribution >= 4 is 11.5 Å². The van der Waals surface area contributed by atoms with E-state index in [4.69, 9.17) is 4.42 Å². The molecule has 7 heteroatoms. The molecule has 1 fully saturated rings. The molecule has 3 aromatic rings. The third-order valence-corrected chi connectivity index (χ3v) is 3.37. The highest BCUT2D eigenvalue weighted by Crippen LogP contribution is 2.42. The number of hydrogen-bond acceptors (Lipinski definition) is 5. The van der Waals surface area contributed by atoms with Gasteiger partial charge in [-0.3, -0.25) is 4.98 Å². The molecule has 3 aromatic heterocycles. The van der Waals surface area contributed by atoms with Gasteiger partial charge >= 0.3 is 5.97 Å². The second-order valence-corrected chi connectivity index (χ2v) is 4.78. The molecule has 0 spiro atoms. The van der Waals surface area contributed by atoms with Gasteiger partial charge < -0.3 is 9.52 Å². The van der Waals surface area contributed by atoms with E-state index in [1.54, 1.807) is 29.3 Å². The van der Waals surface area contributed by atoms with Gasteiger partial charge in [0.2, 0.25) is 11.7 Å². The highest BCUT2D eigenvalue weighted by Gasteiger charge is 2.34. The maximum Gasteiger partial charge on any atom is 0.373 e. The van der Waals surface area contributed by atoms with Crippen molar-refractivity contribution in [1.82, 2.24) is 19.6 Å². The Hall–Kier alpha value is -2.70. The minimum atomic E-state index is -1.08. The molecule has 1 N–H and O–H groups in total. The number of carboxylic acid groups (broad SMARTS) is 1. The SMILES string of the molecule is O=C(O)c1oc(-c2cnn3ccncc23)nc1C1CC1. The number of carbonyl (C=O) groups is 1. The summed E-state index contributed by atoms with van der Waals surface area (Å²) >= 11 is 0. The molecule has 1 aliphatic carbocycles. The Morgan fingerprint density at radius 2 is 2.25 bits per heavy atom. The number of rotatable bonds is 3. The van der Waals surface area contributed by atoms with Crippen molar-refractivity contribution in [3.05, 3.63) is 36.2 Å². The van der Waals surface area contributed by atoms with E-state index < -0.39 is 5.97 Å². The fourth-order valence-electron chi connectivity index (χ4n) is 2.23. The van der Waals surface area contributed by atoms with E-state index in [0.29, 0.717) is 11.3 Å². The minimum Gasteiger partial charge on any atom is -0.475 e. The fourth-order valence-corrected chi connectivity index (χ4v) is 2.23. The highest BCUT2D eigenvalue weighted by molar-refractivity contribution is 5.87. The van der Waals surface area contributed by atoms with Gasteiger partial charge in [-0.25, -0.2) is 14.3 Å². The fraction of sp³-hybridized carbons (Fsp3) is 0.231. The summed E-state index contributed by atoms with van der Waals surface area (Å²) in [6.07, 6.45) is 8.50. The smallest absolute Gasteiger partial charge is 0.373 e. The van der Waals surface area contributed by atoms with E-state index in [9.17, 15) is 9.90 Å². The molecule has 4 rings (SSSR count). The van der Waals surface area contributed by atoms with E-state index in [0.717, 1.165) is 18.4 Å². The van der Waals surface area contributed by atoms with E-state index in [1.165, 1.54) is 0 Å². The first-order valence-electron chi connectivity index (χ1n) is 6.26. The van der Waals surface area contributed by atoms with Crippen LogP contribution in [-0.2, 0) is 0 Å². The second-order valence-electron chi connectivity index (χ2n) is 4.78. The first-order chi connectivity index (χ1) is 9.74. The topological polar surface area (TPSA) is 93.5 Å². The summed E-state index contributed by atoms with van der Waals surface area (Å²) < 4.78 is 7.08. The molecule has 0 radical (unpaired) electrons. The molecule has 0 aromatic carbocycles. The molecule has 1 saturated carbocycles. The number of nitrogens with zero attached hydrogens (tertiary/aromatic N) is 4. The summed E-state index contributed by atoms with van der Waals surface area (Å²) in [5, 5.41) is 13.4. The summed E-state index contributed by atoms with van der Waals surface area (Å²) in [5.74, 6) is -0.656. The van der Waals surface area contributed by atoms with Gasteiger partial charge in [-0.1, -0.05) is 0 Å². The largest absolute Gasteiger partial charge is 0.475 e. The first-order valence-corrected chi connectivity index (χ1v) is 6.26. The molecule has 0 amide bonds. The van der Waals surface area contributed by atoms with E-state index in [2.05, 4.69) is 15.1 Å². The Balaban J connectivity index is 1.90. The van der Waals surface area contributed by atoms with Gasteiger partial charge in [0.05, 0.1) is 29.2 Å². The van der Waals surface area contributed by atoms with Crippen molar-refractivity contribution in [2.24, 2.45) is 0 Å². The lowest BCUT2D eigenvalue weighted by molar-refractivity contribution is 0.0661. The summed E-state index contributed by atoms with van der Waals surface area (Å²) in [5.41, 5.74) is 1.91. The van der Waals surface area contributed by atoms with Crippen LogP contribution in [0.1, 0.15) is 35.0 Å². The molecule has 0 bridgehead atoms. The predicted molar refractivity (Wildman–Crippen MR) is 67.4 cm³/mol. The molecule has 0 atom stereocenters. The van der Waals surface area contributed by atoms with Crippen LogP contribution in [0.5, 0.6) is 0 Å². The average Bonchev–Trinajstić information content (AvgIpc) is 3.05. The maximum absolute atomic E-state index is 11.2. The summed E-state index contributed by atoms with van der Waals surface area (Å²) in [7, 11) is 0. The van der Waals surface area contributed by atoms with Crippen LogP contribution in [0, 0.1) is 0 Å². The summed E-state index contributed by atoms with van der Waals surface area (Å²) in [6, 6.07) is 0. The normalized spacial score (nSPS) is 14.8. The van der Waals surface area contributed by atoms with Crippen molar-refractivity contribution in [2.75, 3.05) is 0 Å². The van der Waals surface area contributed by atoms with Gasteiger partial charge in [-0.2, -0.15) is 5.10 Å². The minimum absolute atomic E-state index is 0.0641. The quantitative estimate of drug-likeness (QED) is 0.781. The third kappa shape index (κ3) is 1.59. The molecule has 0 aliphatic heterocycles. The third-order valence-electron chi connectivity index (χ3n) is 3.37. The van der Waals surface area contributed by atoms with E-state index in [-0.39, 0.29) is 17.6 Å². The molecular weight excluding hydrogens is 260 g/mol. The molecule has 0 saturated heterocycles. The molecule has 3 heterocycles. The van der Waals surface area contributed by atoms with E-state index >= 15 is 0 Å². The Kier molecular flexibility index (Phi) is 2.17. The molecule has 1 aliphatic rings. The Bertz CT molecular complexity index is 816. The van der Waals surface area contributed by atoms with Crippen molar-refractivity contribution < 1.29 is 14.3 Å². The first kappa shape index (κ1) is 11.2. The summed E-state index contributed by atoms with van der Waals surface area (Å²) in [4.78, 5) is 19.6. The van der Waals surface area contributed by atoms with Crippen LogP contribution in [0.3, 0.4) is 0 Å². The Morgan fingerprint density at radius 1 is 1.40 bits per heavy atom. The monoisotopic (exact) mass is 270 g/mol. The number of fused-ring (bicyclic) bond motifs is 1. The van der Waals surface area contributed by atoms with Crippen molar-refractivity contribution in [3.63, 3.8) is 0 Å². The number of hydrogen-bond donors (Lipinski definition) is 1. The van der Waals surface area contributed by atoms with Crippen molar-refractivity contribution in [1.29, 1.82) is 0 Å². The van der Waals surface area contributed by atoms with Crippen molar-refractivity contribution in [2.45, 2.75) is 18.8 Å². The lowest BCUT2D eigenvalue weighted by Crippen LogP contribution is -1.98. The summed E-state index contributed by atoms with van der Waals surface area (Å²) in [6.45, 7) is 0. The zero-order valence-corrected chi connectivity index (χ0v) is 10.4. The van der Waals surface area contributed by atoms with Crippen molar-refractivity contribution in [3.8, 4) is 11.5 Å². The van der Waals surface area contributed by atoms with Gasteiger partial charge in [0.1, 0.15) is 0 Å². The molecular formula is C13H10N4O3. The van der Waals surface area contributed by atoms with Crippen LogP contribution in [0.15, 0.2) is 29.2 Å². The van der Waals surface area contributed by atoms with E-state index in [1.807, 2.05) is 0 Å². The van der Waals surface area contributed by atoms with Crippen LogP contribution in [-0.4, -0.2) is 30.7 Å². The number of aromatic carboxylic acids is 1. The maximum atomic E-state index is 11.2. The van der Waals surface area contributed by atoms with Gasteiger partial charge in [0, 0.05) is 18.3 Å². The Morgan fingerprint density at radius 3 is 3.00 bits per heavy atom. The van der Waals surface area contributed by atoms with Gasteiger partial charge in [0.15, 0.2) is 0 Å². The van der Waals surface area contributed by atoms with Crippen LogP contribution < -0.4 is 0 Å².